The maximum Gasteiger partial charge on any atom is 0.265 e. The molecule has 8 heteroatoms. The van der Waals surface area contributed by atoms with Crippen LogP contribution in [0.4, 0.5) is 0 Å². The first kappa shape index (κ1) is 17.9. The number of rotatable bonds is 4. The first-order chi connectivity index (χ1) is 12.1. The van der Waals surface area contributed by atoms with Gasteiger partial charge >= 0.3 is 0 Å². The minimum absolute atomic E-state index is 0.275. The van der Waals surface area contributed by atoms with E-state index in [1.807, 2.05) is 46.8 Å². The predicted octanol–water partition coefficient (Wildman–Crippen LogP) is 1.52. The summed E-state index contributed by atoms with van der Waals surface area (Å²) in [5.41, 5.74) is 4.33. The molecule has 2 aromatic rings. The lowest BCUT2D eigenvalue weighted by atomic mass is 9.97. The Balaban J connectivity index is 1.80. The van der Waals surface area contributed by atoms with E-state index in [0.29, 0.717) is 48.4 Å². The van der Waals surface area contributed by atoms with E-state index in [-0.39, 0.29) is 5.91 Å². The number of aliphatic hydroxyl groups is 1. The number of carbonyl (C=O) groups excluding carboxylic acids is 1. The second-order valence-electron chi connectivity index (χ2n) is 5.78. The molecule has 1 aliphatic heterocycles. The van der Waals surface area contributed by atoms with Crippen LogP contribution in [-0.4, -0.2) is 59.5 Å². The molecule has 3 rings (SSSR count). The highest BCUT2D eigenvalue weighted by atomic mass is 32.1. The normalized spacial score (nSPS) is 16.3. The second kappa shape index (κ2) is 7.55. The molecule has 3 heterocycles. The maximum atomic E-state index is 13.2. The largest absolute Gasteiger partial charge is 0.371 e. The first-order valence-corrected chi connectivity index (χ1v) is 9.98. The van der Waals surface area contributed by atoms with Gasteiger partial charge in [0.1, 0.15) is 0 Å². The van der Waals surface area contributed by atoms with Crippen LogP contribution in [0.25, 0.3) is 0 Å². The summed E-state index contributed by atoms with van der Waals surface area (Å²) in [6, 6.07) is 7.33. The van der Waals surface area contributed by atoms with Crippen LogP contribution in [0.3, 0.4) is 0 Å². The van der Waals surface area contributed by atoms with Crippen molar-refractivity contribution in [3.05, 3.63) is 44.8 Å². The van der Waals surface area contributed by atoms with Gasteiger partial charge < -0.3 is 20.6 Å². The maximum absolute atomic E-state index is 13.2. The lowest BCUT2D eigenvalue weighted by molar-refractivity contribution is -0.148. The van der Waals surface area contributed by atoms with E-state index in [4.69, 9.17) is 5.73 Å². The van der Waals surface area contributed by atoms with Crippen LogP contribution < -0.4 is 5.73 Å². The van der Waals surface area contributed by atoms with E-state index in [1.54, 1.807) is 4.90 Å². The highest BCUT2D eigenvalue weighted by molar-refractivity contribution is 7.12. The van der Waals surface area contributed by atoms with Gasteiger partial charge in [-0.05, 0) is 29.8 Å². The summed E-state index contributed by atoms with van der Waals surface area (Å²) < 4.78 is 0. The van der Waals surface area contributed by atoms with Crippen molar-refractivity contribution < 1.29 is 9.90 Å². The Labute approximate surface area is 155 Å². The summed E-state index contributed by atoms with van der Waals surface area (Å²) in [6.07, 6.45) is 0. The number of aliphatic imine (C=N–C) groups is 1. The van der Waals surface area contributed by atoms with Crippen molar-refractivity contribution in [2.24, 2.45) is 10.7 Å². The van der Waals surface area contributed by atoms with Crippen LogP contribution in [0.15, 0.2) is 40.0 Å². The average Bonchev–Trinajstić information content (AvgIpc) is 3.34. The zero-order valence-corrected chi connectivity index (χ0v) is 15.7. The molecule has 0 unspecified atom stereocenters. The molecule has 0 atom stereocenters. The Morgan fingerprint density at radius 1 is 1.16 bits per heavy atom. The van der Waals surface area contributed by atoms with Gasteiger partial charge in [-0.25, -0.2) is 0 Å². The van der Waals surface area contributed by atoms with Crippen LogP contribution in [0.1, 0.15) is 16.7 Å². The van der Waals surface area contributed by atoms with Crippen molar-refractivity contribution >= 4 is 34.5 Å². The molecule has 6 nitrogen and oxygen atoms in total. The quantitative estimate of drug-likeness (QED) is 0.624. The lowest BCUT2D eigenvalue weighted by Gasteiger charge is -2.38. The van der Waals surface area contributed by atoms with Crippen molar-refractivity contribution in [3.63, 3.8) is 0 Å². The SMILES string of the molecule is CCN=C(N)N1CCN(C(=O)C(O)(c2cccs2)c2cccs2)CC1. The van der Waals surface area contributed by atoms with Crippen molar-refractivity contribution in [2.75, 3.05) is 32.7 Å². The topological polar surface area (TPSA) is 82.2 Å². The van der Waals surface area contributed by atoms with E-state index < -0.39 is 5.60 Å². The number of hydrogen-bond donors (Lipinski definition) is 2. The Morgan fingerprint density at radius 2 is 1.68 bits per heavy atom. The van der Waals surface area contributed by atoms with Crippen LogP contribution in [0.5, 0.6) is 0 Å². The summed E-state index contributed by atoms with van der Waals surface area (Å²) in [7, 11) is 0. The Hall–Kier alpha value is -1.90. The van der Waals surface area contributed by atoms with Gasteiger partial charge in [0.25, 0.3) is 5.91 Å². The third-order valence-electron chi connectivity index (χ3n) is 4.28. The molecule has 134 valence electrons. The number of carbonyl (C=O) groups is 1. The molecule has 0 bridgehead atoms. The number of piperazine rings is 1. The second-order valence-corrected chi connectivity index (χ2v) is 7.67. The zero-order valence-electron chi connectivity index (χ0n) is 14.1. The number of guanidine groups is 1. The first-order valence-electron chi connectivity index (χ1n) is 8.22. The van der Waals surface area contributed by atoms with Gasteiger partial charge in [-0.3, -0.25) is 9.79 Å². The smallest absolute Gasteiger partial charge is 0.265 e. The Bertz CT molecular complexity index is 686. The summed E-state index contributed by atoms with van der Waals surface area (Å²) in [5.74, 6) is 0.240. The predicted molar refractivity (Wildman–Crippen MR) is 102 cm³/mol. The van der Waals surface area contributed by atoms with Gasteiger partial charge in [-0.2, -0.15) is 0 Å². The minimum Gasteiger partial charge on any atom is -0.371 e. The molecule has 0 radical (unpaired) electrons. The van der Waals surface area contributed by atoms with E-state index in [2.05, 4.69) is 4.99 Å². The minimum atomic E-state index is -1.62. The fourth-order valence-corrected chi connectivity index (χ4v) is 4.65. The molecule has 0 aromatic carbocycles. The molecule has 1 saturated heterocycles. The number of hydrogen-bond acceptors (Lipinski definition) is 5. The van der Waals surface area contributed by atoms with Gasteiger partial charge in [-0.15, -0.1) is 22.7 Å². The summed E-state index contributed by atoms with van der Waals surface area (Å²) >= 11 is 2.78. The molecule has 0 saturated carbocycles. The lowest BCUT2D eigenvalue weighted by Crippen LogP contribution is -2.56. The monoisotopic (exact) mass is 378 g/mol. The molecule has 1 fully saturated rings. The van der Waals surface area contributed by atoms with Gasteiger partial charge in [0.15, 0.2) is 5.96 Å². The molecule has 1 amide bonds. The number of nitrogens with zero attached hydrogens (tertiary/aromatic N) is 3. The Kier molecular flexibility index (Phi) is 5.41. The Morgan fingerprint density at radius 3 is 2.12 bits per heavy atom. The summed E-state index contributed by atoms with van der Waals surface area (Å²) in [4.78, 5) is 22.4. The van der Waals surface area contributed by atoms with Gasteiger partial charge in [-0.1, -0.05) is 12.1 Å². The fourth-order valence-electron chi connectivity index (χ4n) is 2.93. The average molecular weight is 379 g/mol. The third kappa shape index (κ3) is 3.42. The van der Waals surface area contributed by atoms with Gasteiger partial charge in [0, 0.05) is 32.7 Å². The van der Waals surface area contributed by atoms with Crippen LogP contribution in [-0.2, 0) is 10.4 Å². The molecule has 2 aromatic heterocycles. The van der Waals surface area contributed by atoms with Crippen molar-refractivity contribution in [3.8, 4) is 0 Å². The molecule has 3 N–H and O–H groups in total. The highest BCUT2D eigenvalue weighted by Crippen LogP contribution is 2.37. The fraction of sp³-hybridized carbons (Fsp3) is 0.412. The van der Waals surface area contributed by atoms with Crippen LogP contribution in [0.2, 0.25) is 0 Å². The van der Waals surface area contributed by atoms with Gasteiger partial charge in [0.2, 0.25) is 5.60 Å². The number of nitrogens with two attached hydrogens (primary N) is 1. The third-order valence-corrected chi connectivity index (χ3v) is 6.23. The summed E-state index contributed by atoms with van der Waals surface area (Å²) in [6.45, 7) is 4.84. The van der Waals surface area contributed by atoms with E-state index in [1.165, 1.54) is 22.7 Å². The van der Waals surface area contributed by atoms with Crippen molar-refractivity contribution in [1.82, 2.24) is 9.80 Å². The van der Waals surface area contributed by atoms with E-state index in [0.717, 1.165) is 0 Å². The van der Waals surface area contributed by atoms with Gasteiger partial charge in [0.05, 0.1) is 9.75 Å². The van der Waals surface area contributed by atoms with Crippen LogP contribution >= 0.6 is 22.7 Å². The molecule has 25 heavy (non-hydrogen) atoms. The summed E-state index contributed by atoms with van der Waals surface area (Å²) in [5, 5.41) is 15.1. The number of thiophene rings is 2. The van der Waals surface area contributed by atoms with Crippen LogP contribution in [0, 0.1) is 0 Å². The highest BCUT2D eigenvalue weighted by Gasteiger charge is 2.45. The van der Waals surface area contributed by atoms with E-state index >= 15 is 0 Å². The molecule has 0 aliphatic carbocycles. The molecule has 0 spiro atoms. The number of amides is 1. The molecule has 1 aliphatic rings. The zero-order chi connectivity index (χ0) is 17.9. The van der Waals surface area contributed by atoms with Crippen molar-refractivity contribution in [1.29, 1.82) is 0 Å². The van der Waals surface area contributed by atoms with E-state index in [9.17, 15) is 9.90 Å². The van der Waals surface area contributed by atoms with Crippen molar-refractivity contribution in [2.45, 2.75) is 12.5 Å². The molecular formula is C17H22N4O2S2. The standard InChI is InChI=1S/C17H22N4O2S2/c1-2-19-16(18)21-9-7-20(8-10-21)15(22)17(23,13-5-3-11-24-13)14-6-4-12-25-14/h3-6,11-12,23H,2,7-10H2,1H3,(H2,18,19). The molecular weight excluding hydrogens is 356 g/mol.